The quantitative estimate of drug-likeness (QED) is 0.715. The third-order valence-corrected chi connectivity index (χ3v) is 4.67. The molecule has 0 atom stereocenters. The lowest BCUT2D eigenvalue weighted by atomic mass is 9.94. The smallest absolute Gasteiger partial charge is 0.00922 e. The van der Waals surface area contributed by atoms with E-state index >= 15 is 0 Å². The second-order valence-electron chi connectivity index (χ2n) is 6.06. The summed E-state index contributed by atoms with van der Waals surface area (Å²) in [6.45, 7) is 2.51. The molecular weight excluding hydrogens is 208 g/mol. The summed E-state index contributed by atoms with van der Waals surface area (Å²) < 4.78 is 0. The molecule has 2 rings (SSSR count). The summed E-state index contributed by atoms with van der Waals surface area (Å²) >= 11 is 0. The summed E-state index contributed by atoms with van der Waals surface area (Å²) in [5.41, 5.74) is 0. The number of hydrogen-bond acceptors (Lipinski definition) is 2. The first kappa shape index (κ1) is 13.4. The summed E-state index contributed by atoms with van der Waals surface area (Å²) in [7, 11) is 2.32. The second kappa shape index (κ2) is 7.38. The first-order valence-electron chi connectivity index (χ1n) is 7.80. The fraction of sp³-hybridized carbons (Fsp3) is 1.00. The Labute approximate surface area is 107 Å². The molecule has 0 spiro atoms. The van der Waals surface area contributed by atoms with E-state index in [9.17, 15) is 0 Å². The Bertz CT molecular complexity index is 193. The minimum atomic E-state index is 0.843. The lowest BCUT2D eigenvalue weighted by Gasteiger charge is -2.31. The molecule has 2 aliphatic rings. The minimum Gasteiger partial charge on any atom is -0.314 e. The largest absolute Gasteiger partial charge is 0.314 e. The summed E-state index contributed by atoms with van der Waals surface area (Å²) in [5, 5.41) is 3.71. The van der Waals surface area contributed by atoms with Crippen LogP contribution in [0.5, 0.6) is 0 Å². The molecule has 0 aliphatic heterocycles. The van der Waals surface area contributed by atoms with E-state index in [1.807, 2.05) is 0 Å². The highest BCUT2D eigenvalue weighted by atomic mass is 15.1. The van der Waals surface area contributed by atoms with Crippen LogP contribution in [0.1, 0.15) is 64.2 Å². The van der Waals surface area contributed by atoms with Gasteiger partial charge in [0.15, 0.2) is 0 Å². The van der Waals surface area contributed by atoms with Crippen molar-refractivity contribution in [3.8, 4) is 0 Å². The van der Waals surface area contributed by atoms with Crippen LogP contribution in [0.3, 0.4) is 0 Å². The average molecular weight is 238 g/mol. The molecule has 0 aromatic rings. The third kappa shape index (κ3) is 4.59. The lowest BCUT2D eigenvalue weighted by Crippen LogP contribution is -2.36. The van der Waals surface area contributed by atoms with Gasteiger partial charge in [0.25, 0.3) is 0 Å². The van der Waals surface area contributed by atoms with Crippen molar-refractivity contribution in [2.75, 3.05) is 20.1 Å². The van der Waals surface area contributed by atoms with Gasteiger partial charge in [0.05, 0.1) is 0 Å². The summed E-state index contributed by atoms with van der Waals surface area (Å²) in [6, 6.07) is 1.73. The average Bonchev–Trinajstić information content (AvgIpc) is 2.88. The van der Waals surface area contributed by atoms with Gasteiger partial charge in [0.2, 0.25) is 0 Å². The van der Waals surface area contributed by atoms with Crippen LogP contribution in [0, 0.1) is 0 Å². The number of rotatable bonds is 6. The van der Waals surface area contributed by atoms with Gasteiger partial charge >= 0.3 is 0 Å². The van der Waals surface area contributed by atoms with Crippen molar-refractivity contribution in [3.63, 3.8) is 0 Å². The molecule has 2 heteroatoms. The van der Waals surface area contributed by atoms with E-state index < -0.39 is 0 Å². The zero-order chi connectivity index (χ0) is 11.9. The molecular formula is C15H30N2. The van der Waals surface area contributed by atoms with Gasteiger partial charge in [-0.3, -0.25) is 0 Å². The van der Waals surface area contributed by atoms with Crippen molar-refractivity contribution in [1.29, 1.82) is 0 Å². The molecule has 0 aromatic heterocycles. The molecule has 100 valence electrons. The zero-order valence-electron chi connectivity index (χ0n) is 11.6. The predicted octanol–water partition coefficient (Wildman–Crippen LogP) is 3.17. The SMILES string of the molecule is CN(CCCNC1CCCC1)C1CCCCC1. The summed E-state index contributed by atoms with van der Waals surface area (Å²) in [4.78, 5) is 2.61. The molecule has 0 heterocycles. The Morgan fingerprint density at radius 1 is 0.941 bits per heavy atom. The van der Waals surface area contributed by atoms with Crippen LogP contribution in [-0.2, 0) is 0 Å². The molecule has 17 heavy (non-hydrogen) atoms. The van der Waals surface area contributed by atoms with Crippen LogP contribution in [-0.4, -0.2) is 37.1 Å². The summed E-state index contributed by atoms with van der Waals surface area (Å²) in [5.74, 6) is 0. The predicted molar refractivity (Wildman–Crippen MR) is 74.4 cm³/mol. The molecule has 2 nitrogen and oxygen atoms in total. The van der Waals surface area contributed by atoms with E-state index in [0.29, 0.717) is 0 Å². The lowest BCUT2D eigenvalue weighted by molar-refractivity contribution is 0.189. The number of nitrogens with one attached hydrogen (secondary N) is 1. The Balaban J connectivity index is 1.51. The summed E-state index contributed by atoms with van der Waals surface area (Å²) in [6.07, 6.45) is 14.3. The van der Waals surface area contributed by atoms with Gasteiger partial charge in [-0.25, -0.2) is 0 Å². The molecule has 1 N–H and O–H groups in total. The fourth-order valence-electron chi connectivity index (χ4n) is 3.47. The number of nitrogens with zero attached hydrogens (tertiary/aromatic N) is 1. The molecule has 0 unspecified atom stereocenters. The fourth-order valence-corrected chi connectivity index (χ4v) is 3.47. The molecule has 0 saturated heterocycles. The minimum absolute atomic E-state index is 0.843. The van der Waals surface area contributed by atoms with Crippen LogP contribution in [0.4, 0.5) is 0 Å². The molecule has 0 bridgehead atoms. The maximum atomic E-state index is 3.71. The van der Waals surface area contributed by atoms with Crippen LogP contribution in [0.25, 0.3) is 0 Å². The normalized spacial score (nSPS) is 23.6. The third-order valence-electron chi connectivity index (χ3n) is 4.67. The van der Waals surface area contributed by atoms with Crippen molar-refractivity contribution >= 4 is 0 Å². The maximum absolute atomic E-state index is 3.71. The van der Waals surface area contributed by atoms with E-state index in [1.54, 1.807) is 0 Å². The van der Waals surface area contributed by atoms with Gasteiger partial charge in [-0.2, -0.15) is 0 Å². The van der Waals surface area contributed by atoms with Gasteiger partial charge in [0.1, 0.15) is 0 Å². The van der Waals surface area contributed by atoms with Crippen molar-refractivity contribution in [3.05, 3.63) is 0 Å². The Morgan fingerprint density at radius 2 is 1.59 bits per heavy atom. The topological polar surface area (TPSA) is 15.3 Å². The van der Waals surface area contributed by atoms with Crippen LogP contribution >= 0.6 is 0 Å². The molecule has 0 amide bonds. The van der Waals surface area contributed by atoms with E-state index in [4.69, 9.17) is 0 Å². The van der Waals surface area contributed by atoms with Crippen LogP contribution < -0.4 is 5.32 Å². The van der Waals surface area contributed by atoms with Gasteiger partial charge in [0, 0.05) is 12.1 Å². The molecule has 0 aromatic carbocycles. The monoisotopic (exact) mass is 238 g/mol. The van der Waals surface area contributed by atoms with Crippen molar-refractivity contribution in [2.24, 2.45) is 0 Å². The van der Waals surface area contributed by atoms with Gasteiger partial charge in [-0.1, -0.05) is 32.1 Å². The first-order chi connectivity index (χ1) is 8.36. The van der Waals surface area contributed by atoms with Crippen molar-refractivity contribution in [1.82, 2.24) is 10.2 Å². The Hall–Kier alpha value is -0.0800. The number of hydrogen-bond donors (Lipinski definition) is 1. The maximum Gasteiger partial charge on any atom is 0.00922 e. The van der Waals surface area contributed by atoms with Crippen molar-refractivity contribution < 1.29 is 0 Å². The zero-order valence-corrected chi connectivity index (χ0v) is 11.6. The van der Waals surface area contributed by atoms with E-state index in [1.165, 1.54) is 77.3 Å². The van der Waals surface area contributed by atoms with Crippen molar-refractivity contribution in [2.45, 2.75) is 76.3 Å². The van der Waals surface area contributed by atoms with E-state index in [-0.39, 0.29) is 0 Å². The first-order valence-corrected chi connectivity index (χ1v) is 7.80. The highest BCUT2D eigenvalue weighted by Gasteiger charge is 2.17. The van der Waals surface area contributed by atoms with E-state index in [2.05, 4.69) is 17.3 Å². The molecule has 0 radical (unpaired) electrons. The van der Waals surface area contributed by atoms with Gasteiger partial charge < -0.3 is 10.2 Å². The Kier molecular flexibility index (Phi) is 5.79. The highest BCUT2D eigenvalue weighted by molar-refractivity contribution is 4.75. The van der Waals surface area contributed by atoms with Crippen LogP contribution in [0.15, 0.2) is 0 Å². The standard InChI is InChI=1S/C15H30N2/c1-17(15-10-3-2-4-11-15)13-7-12-16-14-8-5-6-9-14/h14-16H,2-13H2,1H3. The molecule has 2 aliphatic carbocycles. The second-order valence-corrected chi connectivity index (χ2v) is 6.06. The highest BCUT2D eigenvalue weighted by Crippen LogP contribution is 2.21. The van der Waals surface area contributed by atoms with Gasteiger partial charge in [-0.15, -0.1) is 0 Å². The Morgan fingerprint density at radius 3 is 2.29 bits per heavy atom. The molecule has 2 fully saturated rings. The van der Waals surface area contributed by atoms with Gasteiger partial charge in [-0.05, 0) is 52.2 Å². The van der Waals surface area contributed by atoms with E-state index in [0.717, 1.165) is 12.1 Å². The van der Waals surface area contributed by atoms with Crippen LogP contribution in [0.2, 0.25) is 0 Å². The molecule has 2 saturated carbocycles.